The summed E-state index contributed by atoms with van der Waals surface area (Å²) in [7, 11) is 1.31. The summed E-state index contributed by atoms with van der Waals surface area (Å²) in [4.78, 5) is 0. The van der Waals surface area contributed by atoms with Crippen molar-refractivity contribution >= 4 is 34.7 Å². The van der Waals surface area contributed by atoms with E-state index in [2.05, 4.69) is 6.92 Å². The lowest BCUT2D eigenvalue weighted by Gasteiger charge is -2.17. The van der Waals surface area contributed by atoms with Crippen LogP contribution in [0, 0.1) is 0 Å². The Morgan fingerprint density at radius 3 is 3.00 bits per heavy atom. The second-order valence-electron chi connectivity index (χ2n) is 2.49. The molecule has 1 saturated heterocycles. The van der Waals surface area contributed by atoms with Gasteiger partial charge in [-0.25, -0.2) is 0 Å². The first-order valence-electron chi connectivity index (χ1n) is 3.51. The monoisotopic (exact) mass is 178 g/mol. The molecule has 0 aromatic heterocycles. The van der Waals surface area contributed by atoms with E-state index in [1.807, 2.05) is 0 Å². The van der Waals surface area contributed by atoms with Crippen LogP contribution in [-0.2, 0) is 4.43 Å². The van der Waals surface area contributed by atoms with Crippen molar-refractivity contribution in [3.8, 4) is 0 Å². The minimum Gasteiger partial charge on any atom is -0.432 e. The van der Waals surface area contributed by atoms with E-state index in [-0.39, 0.29) is 17.6 Å². The van der Waals surface area contributed by atoms with E-state index < -0.39 is 0 Å². The first-order valence-corrected chi connectivity index (χ1v) is 17.0. The van der Waals surface area contributed by atoms with Gasteiger partial charge in [-0.3, -0.25) is 0 Å². The zero-order valence-electron chi connectivity index (χ0n) is 5.52. The average molecular weight is 178 g/mol. The summed E-state index contributed by atoms with van der Waals surface area (Å²) in [6.07, 6.45) is 1.31. The molecule has 5 heteroatoms. The molecule has 1 aliphatic rings. The zero-order chi connectivity index (χ0) is 5.82. The van der Waals surface area contributed by atoms with Crippen LogP contribution in [0.4, 0.5) is 0 Å². The van der Waals surface area contributed by atoms with E-state index in [4.69, 9.17) is 4.43 Å². The maximum Gasteiger partial charge on any atom is 0.139 e. The smallest absolute Gasteiger partial charge is 0.139 e. The number of hydrogen-bond acceptors (Lipinski definition) is 1. The fourth-order valence-corrected chi connectivity index (χ4v) is 46.3. The lowest BCUT2D eigenvalue weighted by atomic mass is 11.0. The zero-order valence-corrected chi connectivity index (χ0v) is 10.9. The predicted molar refractivity (Wildman–Crippen MR) is 49.2 cm³/mol. The third-order valence-corrected chi connectivity index (χ3v) is 38.7. The highest BCUT2D eigenvalue weighted by atomic mass is 29.7. The van der Waals surface area contributed by atoms with Gasteiger partial charge in [-0.2, -0.15) is 0 Å². The number of hydrogen-bond donors (Lipinski definition) is 0. The summed E-state index contributed by atoms with van der Waals surface area (Å²) in [5, 5.41) is 0. The Bertz CT molecular complexity index is 62.3. The molecular formula is C3H14OSi4. The Labute approximate surface area is 58.8 Å². The number of rotatable bonds is 1. The van der Waals surface area contributed by atoms with Gasteiger partial charge in [-0.05, 0) is 0 Å². The van der Waals surface area contributed by atoms with Crippen LogP contribution < -0.4 is 0 Å². The minimum atomic E-state index is -0.0922. The molecule has 0 aromatic carbocycles. The molecule has 1 unspecified atom stereocenters. The molecule has 48 valence electrons. The standard InChI is InChI=1S/C3H14OSi4/c1-2-8-3-4-5-6-7-8/h8H,2-3,5-7H2,1H3. The first kappa shape index (κ1) is 6.94. The van der Waals surface area contributed by atoms with Gasteiger partial charge >= 0.3 is 0 Å². The van der Waals surface area contributed by atoms with Crippen LogP contribution in [0.3, 0.4) is 0 Å². The summed E-state index contributed by atoms with van der Waals surface area (Å²) in [6.45, 7) is 2.37. The highest BCUT2D eigenvalue weighted by Crippen LogP contribution is 1.92. The topological polar surface area (TPSA) is 9.23 Å². The van der Waals surface area contributed by atoms with Crippen molar-refractivity contribution in [1.82, 2.24) is 0 Å². The van der Waals surface area contributed by atoms with Gasteiger partial charge in [0, 0.05) is 31.7 Å². The molecule has 0 N–H and O–H groups in total. The van der Waals surface area contributed by atoms with Crippen molar-refractivity contribution in [2.75, 3.05) is 6.23 Å². The summed E-state index contributed by atoms with van der Waals surface area (Å²) in [6, 6.07) is 1.55. The van der Waals surface area contributed by atoms with E-state index in [0.29, 0.717) is 17.1 Å². The second-order valence-corrected chi connectivity index (χ2v) is 27.6. The Hall–Kier alpha value is 0.828. The molecular weight excluding hydrogens is 164 g/mol. The van der Waals surface area contributed by atoms with E-state index in [1.165, 1.54) is 6.23 Å². The Kier molecular flexibility index (Phi) is 3.28. The molecule has 1 aliphatic heterocycles. The fraction of sp³-hybridized carbons (Fsp3) is 1.00. The van der Waals surface area contributed by atoms with Crippen LogP contribution in [-0.4, -0.2) is 40.9 Å². The van der Waals surface area contributed by atoms with E-state index in [0.717, 1.165) is 0 Å². The molecule has 0 aromatic rings. The highest BCUT2D eigenvalue weighted by molar-refractivity contribution is 7.48. The van der Waals surface area contributed by atoms with Gasteiger partial charge in [0.05, 0.1) is 0 Å². The Morgan fingerprint density at radius 2 is 2.62 bits per heavy atom. The van der Waals surface area contributed by atoms with Crippen LogP contribution in [0.5, 0.6) is 0 Å². The highest BCUT2D eigenvalue weighted by Gasteiger charge is 2.13. The molecule has 1 rings (SSSR count). The van der Waals surface area contributed by atoms with Gasteiger partial charge in [-0.15, -0.1) is 0 Å². The third kappa shape index (κ3) is 1.98. The minimum absolute atomic E-state index is 0.0922. The lowest BCUT2D eigenvalue weighted by Crippen LogP contribution is -2.41. The molecule has 0 radical (unpaired) electrons. The first-order chi connectivity index (χ1) is 3.93. The van der Waals surface area contributed by atoms with Crippen molar-refractivity contribution in [2.45, 2.75) is 13.0 Å². The third-order valence-electron chi connectivity index (χ3n) is 1.83. The second kappa shape index (κ2) is 3.78. The SMILES string of the molecule is CC[SiH]1CO[SiH2][SiH2][SiH2]1. The lowest BCUT2D eigenvalue weighted by molar-refractivity contribution is 0.417. The molecule has 8 heavy (non-hydrogen) atoms. The van der Waals surface area contributed by atoms with Crippen LogP contribution in [0.15, 0.2) is 0 Å². The molecule has 0 spiro atoms. The van der Waals surface area contributed by atoms with Crippen molar-refractivity contribution in [3.05, 3.63) is 0 Å². The molecule has 0 saturated carbocycles. The fourth-order valence-electron chi connectivity index (χ4n) is 1.13. The molecule has 0 amide bonds. The average Bonchev–Trinajstić information content (AvgIpc) is 1.90. The maximum absolute atomic E-state index is 5.57. The van der Waals surface area contributed by atoms with Gasteiger partial charge in [0.15, 0.2) is 0 Å². The maximum atomic E-state index is 5.57. The van der Waals surface area contributed by atoms with Gasteiger partial charge in [0.25, 0.3) is 0 Å². The molecule has 1 nitrogen and oxygen atoms in total. The largest absolute Gasteiger partial charge is 0.432 e. The summed E-state index contributed by atoms with van der Waals surface area (Å²) >= 11 is 0. The quantitative estimate of drug-likeness (QED) is 0.405. The van der Waals surface area contributed by atoms with Gasteiger partial charge in [-0.1, -0.05) is 13.0 Å². The van der Waals surface area contributed by atoms with Crippen molar-refractivity contribution in [3.63, 3.8) is 0 Å². The molecule has 0 bridgehead atoms. The summed E-state index contributed by atoms with van der Waals surface area (Å²) in [5.74, 6) is 0. The summed E-state index contributed by atoms with van der Waals surface area (Å²) in [5.41, 5.74) is 0. The Morgan fingerprint density at radius 1 is 1.75 bits per heavy atom. The normalized spacial score (nSPS) is 39.4. The molecule has 1 fully saturated rings. The Balaban J connectivity index is 2.13. The van der Waals surface area contributed by atoms with E-state index >= 15 is 0 Å². The van der Waals surface area contributed by atoms with Gasteiger partial charge in [0.2, 0.25) is 0 Å². The summed E-state index contributed by atoms with van der Waals surface area (Å²) < 4.78 is 5.57. The molecule has 0 aliphatic carbocycles. The van der Waals surface area contributed by atoms with Crippen LogP contribution >= 0.6 is 0 Å². The van der Waals surface area contributed by atoms with Crippen molar-refractivity contribution in [1.29, 1.82) is 0 Å². The molecule has 1 atom stereocenters. The van der Waals surface area contributed by atoms with E-state index in [9.17, 15) is 0 Å². The van der Waals surface area contributed by atoms with Crippen molar-refractivity contribution < 1.29 is 4.43 Å². The van der Waals surface area contributed by atoms with Crippen LogP contribution in [0.1, 0.15) is 6.92 Å². The van der Waals surface area contributed by atoms with Crippen LogP contribution in [0.2, 0.25) is 6.04 Å². The van der Waals surface area contributed by atoms with Gasteiger partial charge in [0.1, 0.15) is 9.28 Å². The predicted octanol–water partition coefficient (Wildman–Crippen LogP) is -2.45. The van der Waals surface area contributed by atoms with Crippen LogP contribution in [0.25, 0.3) is 0 Å². The van der Waals surface area contributed by atoms with Gasteiger partial charge < -0.3 is 4.43 Å². The molecule has 1 heterocycles. The van der Waals surface area contributed by atoms with Crippen molar-refractivity contribution in [2.24, 2.45) is 0 Å². The van der Waals surface area contributed by atoms with E-state index in [1.54, 1.807) is 6.04 Å².